The van der Waals surface area contributed by atoms with Crippen LogP contribution in [0.2, 0.25) is 0 Å². The van der Waals surface area contributed by atoms with E-state index in [9.17, 15) is 0 Å². The molecule has 1 atom stereocenters. The molecule has 0 bridgehead atoms. The number of likely N-dealkylation sites (N-methyl/N-ethyl adjacent to an activating group) is 1. The fraction of sp³-hybridized carbons (Fsp3) is 1.00. The first-order valence-electron chi connectivity index (χ1n) is 4.33. The predicted molar refractivity (Wildman–Crippen MR) is 45.8 cm³/mol. The first-order chi connectivity index (χ1) is 5.33. The number of morpholine rings is 1. The summed E-state index contributed by atoms with van der Waals surface area (Å²) in [6.45, 7) is 7.18. The van der Waals surface area contributed by atoms with E-state index < -0.39 is 0 Å². The largest absolute Gasteiger partial charge is 0.374 e. The fourth-order valence-corrected chi connectivity index (χ4v) is 1.21. The van der Waals surface area contributed by atoms with Crippen LogP contribution in [0.15, 0.2) is 0 Å². The van der Waals surface area contributed by atoms with E-state index in [0.29, 0.717) is 6.10 Å². The van der Waals surface area contributed by atoms with Gasteiger partial charge in [-0.15, -0.1) is 0 Å². The third-order valence-electron chi connectivity index (χ3n) is 2.06. The van der Waals surface area contributed by atoms with Gasteiger partial charge in [-0.25, -0.2) is 0 Å². The normalized spacial score (nSPS) is 25.9. The third kappa shape index (κ3) is 3.18. The van der Waals surface area contributed by atoms with Crippen LogP contribution >= 0.6 is 0 Å². The molecule has 3 nitrogen and oxygen atoms in total. The summed E-state index contributed by atoms with van der Waals surface area (Å²) in [6, 6.07) is 0. The van der Waals surface area contributed by atoms with E-state index in [1.165, 1.54) is 0 Å². The van der Waals surface area contributed by atoms with Crippen LogP contribution < -0.4 is 5.32 Å². The van der Waals surface area contributed by atoms with Crippen LogP contribution in [0.3, 0.4) is 0 Å². The molecule has 0 aromatic rings. The van der Waals surface area contributed by atoms with E-state index in [-0.39, 0.29) is 0 Å². The Kier molecular flexibility index (Phi) is 3.83. The first-order valence-corrected chi connectivity index (χ1v) is 4.33. The van der Waals surface area contributed by atoms with E-state index in [1.54, 1.807) is 0 Å². The van der Waals surface area contributed by atoms with Crippen molar-refractivity contribution in [2.75, 3.05) is 39.8 Å². The van der Waals surface area contributed by atoms with Gasteiger partial charge in [0.05, 0.1) is 12.7 Å². The van der Waals surface area contributed by atoms with Crippen molar-refractivity contribution in [3.63, 3.8) is 0 Å². The Morgan fingerprint density at radius 3 is 3.00 bits per heavy atom. The van der Waals surface area contributed by atoms with E-state index in [0.717, 1.165) is 32.8 Å². The number of rotatable bonds is 3. The summed E-state index contributed by atoms with van der Waals surface area (Å²) in [4.78, 5) is 2.28. The standard InChI is InChI=1S/C8H18N2O/c1-3-10(2)7-8-6-9-4-5-11-8/h8-9H,3-7H2,1-2H3. The Bertz CT molecular complexity index is 102. The van der Waals surface area contributed by atoms with Crippen molar-refractivity contribution in [3.05, 3.63) is 0 Å². The van der Waals surface area contributed by atoms with Gasteiger partial charge in [-0.05, 0) is 13.6 Å². The minimum Gasteiger partial charge on any atom is -0.374 e. The van der Waals surface area contributed by atoms with E-state index in [4.69, 9.17) is 4.74 Å². The van der Waals surface area contributed by atoms with Gasteiger partial charge in [0, 0.05) is 19.6 Å². The Labute approximate surface area is 68.7 Å². The second kappa shape index (κ2) is 4.70. The summed E-state index contributed by atoms with van der Waals surface area (Å²) in [5.41, 5.74) is 0. The minimum atomic E-state index is 0.397. The molecule has 1 heterocycles. The highest BCUT2D eigenvalue weighted by atomic mass is 16.5. The second-order valence-corrected chi connectivity index (χ2v) is 3.05. The van der Waals surface area contributed by atoms with Gasteiger partial charge < -0.3 is 15.0 Å². The molecule has 0 spiro atoms. The lowest BCUT2D eigenvalue weighted by molar-refractivity contribution is 0.0109. The van der Waals surface area contributed by atoms with Gasteiger partial charge in [0.25, 0.3) is 0 Å². The van der Waals surface area contributed by atoms with Crippen LogP contribution in [0, 0.1) is 0 Å². The maximum absolute atomic E-state index is 5.55. The van der Waals surface area contributed by atoms with Gasteiger partial charge in [-0.3, -0.25) is 0 Å². The molecule has 1 rings (SSSR count). The molecule has 1 fully saturated rings. The van der Waals surface area contributed by atoms with E-state index in [2.05, 4.69) is 24.2 Å². The quantitative estimate of drug-likeness (QED) is 0.622. The van der Waals surface area contributed by atoms with E-state index >= 15 is 0 Å². The fourth-order valence-electron chi connectivity index (χ4n) is 1.21. The lowest BCUT2D eigenvalue weighted by Gasteiger charge is -2.27. The van der Waals surface area contributed by atoms with E-state index in [1.807, 2.05) is 0 Å². The van der Waals surface area contributed by atoms with Crippen molar-refractivity contribution in [1.82, 2.24) is 10.2 Å². The molecule has 0 aliphatic carbocycles. The molecule has 0 aromatic carbocycles. The van der Waals surface area contributed by atoms with Gasteiger partial charge in [-0.1, -0.05) is 6.92 Å². The predicted octanol–water partition coefficient (Wildman–Crippen LogP) is -0.0735. The molecule has 1 N–H and O–H groups in total. The van der Waals surface area contributed by atoms with Gasteiger partial charge in [-0.2, -0.15) is 0 Å². The third-order valence-corrected chi connectivity index (χ3v) is 2.06. The summed E-state index contributed by atoms with van der Waals surface area (Å²) >= 11 is 0. The molecular formula is C8H18N2O. The lowest BCUT2D eigenvalue weighted by Crippen LogP contribution is -2.44. The van der Waals surface area contributed by atoms with Crippen molar-refractivity contribution in [2.24, 2.45) is 0 Å². The highest BCUT2D eigenvalue weighted by molar-refractivity contribution is 4.69. The molecule has 0 radical (unpaired) electrons. The molecule has 3 heteroatoms. The van der Waals surface area contributed by atoms with Gasteiger partial charge in [0.15, 0.2) is 0 Å². The Balaban J connectivity index is 2.13. The molecule has 11 heavy (non-hydrogen) atoms. The molecule has 0 aromatic heterocycles. The molecule has 1 aliphatic heterocycles. The van der Waals surface area contributed by atoms with Gasteiger partial charge in [0.1, 0.15) is 0 Å². The molecule has 1 saturated heterocycles. The average Bonchev–Trinajstić information content (AvgIpc) is 2.06. The summed E-state index contributed by atoms with van der Waals surface area (Å²) in [5, 5.41) is 3.31. The van der Waals surface area contributed by atoms with Crippen LogP contribution in [0.4, 0.5) is 0 Å². The summed E-state index contributed by atoms with van der Waals surface area (Å²) in [7, 11) is 2.12. The number of nitrogens with zero attached hydrogens (tertiary/aromatic N) is 1. The smallest absolute Gasteiger partial charge is 0.0826 e. The van der Waals surface area contributed by atoms with Crippen LogP contribution in [0.1, 0.15) is 6.92 Å². The maximum Gasteiger partial charge on any atom is 0.0826 e. The second-order valence-electron chi connectivity index (χ2n) is 3.05. The highest BCUT2D eigenvalue weighted by Gasteiger charge is 2.13. The zero-order valence-electron chi connectivity index (χ0n) is 7.47. The SMILES string of the molecule is CCN(C)CC1CNCCO1. The van der Waals surface area contributed by atoms with Gasteiger partial charge in [0.2, 0.25) is 0 Å². The summed E-state index contributed by atoms with van der Waals surface area (Å²) in [5.74, 6) is 0. The van der Waals surface area contributed by atoms with Crippen molar-refractivity contribution in [2.45, 2.75) is 13.0 Å². The van der Waals surface area contributed by atoms with Crippen molar-refractivity contribution < 1.29 is 4.74 Å². The summed E-state index contributed by atoms with van der Waals surface area (Å²) in [6.07, 6.45) is 0.397. The van der Waals surface area contributed by atoms with Crippen LogP contribution in [0.25, 0.3) is 0 Å². The highest BCUT2D eigenvalue weighted by Crippen LogP contribution is 1.97. The molecular weight excluding hydrogens is 140 g/mol. The molecule has 0 amide bonds. The minimum absolute atomic E-state index is 0.397. The monoisotopic (exact) mass is 158 g/mol. The van der Waals surface area contributed by atoms with Crippen LogP contribution in [0.5, 0.6) is 0 Å². The molecule has 66 valence electrons. The Morgan fingerprint density at radius 2 is 2.45 bits per heavy atom. The average molecular weight is 158 g/mol. The maximum atomic E-state index is 5.55. The van der Waals surface area contributed by atoms with Crippen molar-refractivity contribution >= 4 is 0 Å². The Morgan fingerprint density at radius 1 is 1.64 bits per heavy atom. The number of hydrogen-bond acceptors (Lipinski definition) is 3. The lowest BCUT2D eigenvalue weighted by atomic mass is 10.3. The van der Waals surface area contributed by atoms with Crippen LogP contribution in [-0.4, -0.2) is 50.8 Å². The topological polar surface area (TPSA) is 24.5 Å². The number of hydrogen-bond donors (Lipinski definition) is 1. The Hall–Kier alpha value is -0.120. The first kappa shape index (κ1) is 8.97. The number of nitrogens with one attached hydrogen (secondary N) is 1. The molecule has 1 unspecified atom stereocenters. The van der Waals surface area contributed by atoms with Gasteiger partial charge >= 0.3 is 0 Å². The van der Waals surface area contributed by atoms with Crippen molar-refractivity contribution in [1.29, 1.82) is 0 Å². The zero-order valence-corrected chi connectivity index (χ0v) is 7.47. The summed E-state index contributed by atoms with van der Waals surface area (Å²) < 4.78 is 5.55. The molecule has 1 aliphatic rings. The van der Waals surface area contributed by atoms with Crippen LogP contribution in [-0.2, 0) is 4.74 Å². The van der Waals surface area contributed by atoms with Crippen molar-refractivity contribution in [3.8, 4) is 0 Å². The zero-order chi connectivity index (χ0) is 8.10. The number of ether oxygens (including phenoxy) is 1. The molecule has 0 saturated carbocycles.